The number of carbonyl (C=O) groups is 2. The first-order valence-corrected chi connectivity index (χ1v) is 11.4. The van der Waals surface area contributed by atoms with E-state index in [1.165, 1.54) is 29.0 Å². The molecular formula is C27H19FN2O7. The van der Waals surface area contributed by atoms with Crippen molar-refractivity contribution in [2.75, 3.05) is 25.3 Å². The summed E-state index contributed by atoms with van der Waals surface area (Å²) in [6, 6.07) is 13.1. The van der Waals surface area contributed by atoms with Crippen LogP contribution in [0.3, 0.4) is 0 Å². The van der Waals surface area contributed by atoms with Crippen LogP contribution in [-0.4, -0.2) is 36.3 Å². The number of fused-ring (bicyclic) bond motifs is 3. The van der Waals surface area contributed by atoms with Gasteiger partial charge in [0.2, 0.25) is 18.1 Å². The molecule has 6 rings (SSSR count). The van der Waals surface area contributed by atoms with Crippen molar-refractivity contribution in [1.82, 2.24) is 4.57 Å². The van der Waals surface area contributed by atoms with Crippen LogP contribution in [0.1, 0.15) is 15.9 Å². The van der Waals surface area contributed by atoms with Crippen LogP contribution in [-0.2, 0) is 11.3 Å². The second kappa shape index (κ2) is 8.98. The van der Waals surface area contributed by atoms with Crippen LogP contribution in [0.2, 0.25) is 0 Å². The van der Waals surface area contributed by atoms with Gasteiger partial charge in [-0.05, 0) is 42.5 Å². The van der Waals surface area contributed by atoms with E-state index in [4.69, 9.17) is 18.9 Å². The minimum absolute atomic E-state index is 0.108. The van der Waals surface area contributed by atoms with Crippen molar-refractivity contribution < 1.29 is 32.9 Å². The second-order valence-electron chi connectivity index (χ2n) is 8.47. The Morgan fingerprint density at radius 1 is 0.865 bits per heavy atom. The van der Waals surface area contributed by atoms with Crippen molar-refractivity contribution in [3.8, 4) is 23.0 Å². The molecule has 186 valence electrons. The van der Waals surface area contributed by atoms with Crippen molar-refractivity contribution in [1.29, 1.82) is 0 Å². The maximum Gasteiger partial charge on any atom is 0.244 e. The molecule has 0 spiro atoms. The number of aromatic nitrogens is 1. The number of ketones is 1. The van der Waals surface area contributed by atoms with Crippen molar-refractivity contribution in [2.24, 2.45) is 0 Å². The van der Waals surface area contributed by atoms with Crippen LogP contribution in [0.4, 0.5) is 10.1 Å². The average molecular weight is 502 g/mol. The van der Waals surface area contributed by atoms with Gasteiger partial charge in [0.05, 0.1) is 16.5 Å². The molecule has 0 unspecified atom stereocenters. The van der Waals surface area contributed by atoms with Gasteiger partial charge in [-0.2, -0.15) is 0 Å². The number of ether oxygens (including phenoxy) is 4. The number of hydrogen-bond acceptors (Lipinski definition) is 7. The fourth-order valence-electron chi connectivity index (χ4n) is 4.31. The molecule has 0 fully saturated rings. The SMILES string of the molecule is O=C(Cn1cc(C(=O)c2ccc(F)cc2)c(=O)c2cc3c(cc21)OCCO3)Nc1ccc2c(c1)OCO2. The summed E-state index contributed by atoms with van der Waals surface area (Å²) in [7, 11) is 0. The third kappa shape index (κ3) is 4.22. The number of nitrogens with zero attached hydrogens (tertiary/aromatic N) is 1. The number of benzene rings is 3. The zero-order chi connectivity index (χ0) is 25.5. The molecule has 10 heteroatoms. The van der Waals surface area contributed by atoms with E-state index in [1.54, 1.807) is 24.3 Å². The zero-order valence-electron chi connectivity index (χ0n) is 19.3. The lowest BCUT2D eigenvalue weighted by atomic mass is 10.0. The van der Waals surface area contributed by atoms with Gasteiger partial charge in [0.15, 0.2) is 28.8 Å². The number of halogens is 1. The van der Waals surface area contributed by atoms with Crippen molar-refractivity contribution in [2.45, 2.75) is 6.54 Å². The first-order valence-electron chi connectivity index (χ1n) is 11.4. The van der Waals surface area contributed by atoms with Crippen LogP contribution in [0, 0.1) is 5.82 Å². The summed E-state index contributed by atoms with van der Waals surface area (Å²) in [5.74, 6) is 0.407. The number of hydrogen-bond donors (Lipinski definition) is 1. The maximum absolute atomic E-state index is 13.4. The van der Waals surface area contributed by atoms with Crippen molar-refractivity contribution >= 4 is 28.3 Å². The maximum atomic E-state index is 13.4. The van der Waals surface area contributed by atoms with Crippen molar-refractivity contribution in [3.63, 3.8) is 0 Å². The van der Waals surface area contributed by atoms with E-state index in [-0.39, 0.29) is 29.9 Å². The average Bonchev–Trinajstić information content (AvgIpc) is 3.37. The molecular weight excluding hydrogens is 483 g/mol. The number of anilines is 1. The topological polar surface area (TPSA) is 105 Å². The van der Waals surface area contributed by atoms with Gasteiger partial charge in [-0.3, -0.25) is 14.4 Å². The van der Waals surface area contributed by atoms with E-state index in [1.807, 2.05) is 0 Å². The molecule has 0 saturated heterocycles. The predicted octanol–water partition coefficient (Wildman–Crippen LogP) is 3.51. The van der Waals surface area contributed by atoms with Crippen LogP contribution in [0.25, 0.3) is 10.9 Å². The summed E-state index contributed by atoms with van der Waals surface area (Å²) in [5, 5.41) is 2.98. The third-order valence-electron chi connectivity index (χ3n) is 6.07. The van der Waals surface area contributed by atoms with E-state index < -0.39 is 22.9 Å². The number of carbonyl (C=O) groups excluding carboxylic acids is 2. The Morgan fingerprint density at radius 2 is 1.57 bits per heavy atom. The first-order chi connectivity index (χ1) is 18.0. The Morgan fingerprint density at radius 3 is 2.35 bits per heavy atom. The summed E-state index contributed by atoms with van der Waals surface area (Å²) in [5.41, 5.74) is 0.342. The predicted molar refractivity (Wildman–Crippen MR) is 130 cm³/mol. The van der Waals surface area contributed by atoms with Gasteiger partial charge in [0, 0.05) is 29.6 Å². The number of nitrogens with one attached hydrogen (secondary N) is 1. The molecule has 3 aromatic carbocycles. The number of amides is 1. The lowest BCUT2D eigenvalue weighted by molar-refractivity contribution is -0.116. The van der Waals surface area contributed by atoms with Gasteiger partial charge in [-0.15, -0.1) is 0 Å². The highest BCUT2D eigenvalue weighted by Crippen LogP contribution is 2.35. The summed E-state index contributed by atoms with van der Waals surface area (Å²) < 4.78 is 36.8. The lowest BCUT2D eigenvalue weighted by Crippen LogP contribution is -2.25. The first kappa shape index (κ1) is 22.6. The van der Waals surface area contributed by atoms with E-state index in [0.717, 1.165) is 12.1 Å². The number of pyridine rings is 1. The van der Waals surface area contributed by atoms with Gasteiger partial charge in [-0.25, -0.2) is 4.39 Å². The van der Waals surface area contributed by atoms with E-state index in [2.05, 4.69) is 5.32 Å². The van der Waals surface area contributed by atoms with Gasteiger partial charge in [0.1, 0.15) is 25.6 Å². The highest BCUT2D eigenvalue weighted by molar-refractivity contribution is 6.10. The molecule has 0 atom stereocenters. The second-order valence-corrected chi connectivity index (χ2v) is 8.47. The molecule has 0 bridgehead atoms. The monoisotopic (exact) mass is 502 g/mol. The molecule has 37 heavy (non-hydrogen) atoms. The van der Waals surface area contributed by atoms with Gasteiger partial charge >= 0.3 is 0 Å². The molecule has 0 radical (unpaired) electrons. The highest BCUT2D eigenvalue weighted by Gasteiger charge is 2.22. The zero-order valence-corrected chi connectivity index (χ0v) is 19.3. The third-order valence-corrected chi connectivity index (χ3v) is 6.07. The molecule has 1 N–H and O–H groups in total. The molecule has 1 amide bonds. The van der Waals surface area contributed by atoms with E-state index in [9.17, 15) is 18.8 Å². The summed E-state index contributed by atoms with van der Waals surface area (Å²) in [6.07, 6.45) is 1.34. The Labute approximate surface area is 208 Å². The summed E-state index contributed by atoms with van der Waals surface area (Å²) >= 11 is 0. The van der Waals surface area contributed by atoms with E-state index in [0.29, 0.717) is 47.4 Å². The molecule has 0 aliphatic carbocycles. The van der Waals surface area contributed by atoms with Crippen LogP contribution in [0.5, 0.6) is 23.0 Å². The van der Waals surface area contributed by atoms with Crippen molar-refractivity contribution in [3.05, 3.63) is 88.0 Å². The largest absolute Gasteiger partial charge is 0.486 e. The minimum Gasteiger partial charge on any atom is -0.486 e. The van der Waals surface area contributed by atoms with Crippen LogP contribution >= 0.6 is 0 Å². The fraction of sp³-hybridized carbons (Fsp3) is 0.148. The van der Waals surface area contributed by atoms with E-state index >= 15 is 0 Å². The van der Waals surface area contributed by atoms with Gasteiger partial charge in [0.25, 0.3) is 0 Å². The quantitative estimate of drug-likeness (QED) is 0.417. The Balaban J connectivity index is 1.41. The molecule has 4 aromatic rings. The smallest absolute Gasteiger partial charge is 0.244 e. The normalized spacial score (nSPS) is 13.4. The summed E-state index contributed by atoms with van der Waals surface area (Å²) in [6.45, 7) is 0.555. The highest BCUT2D eigenvalue weighted by atomic mass is 19.1. The Hall–Kier alpha value is -4.86. The van der Waals surface area contributed by atoms with Crippen LogP contribution < -0.4 is 29.7 Å². The number of rotatable bonds is 5. The van der Waals surface area contributed by atoms with Gasteiger partial charge in [-0.1, -0.05) is 0 Å². The fourth-order valence-corrected chi connectivity index (χ4v) is 4.31. The molecule has 3 heterocycles. The van der Waals surface area contributed by atoms with Gasteiger partial charge < -0.3 is 28.8 Å². The molecule has 2 aliphatic rings. The molecule has 2 aliphatic heterocycles. The molecule has 9 nitrogen and oxygen atoms in total. The van der Waals surface area contributed by atoms with Crippen LogP contribution in [0.15, 0.2) is 65.6 Å². The lowest BCUT2D eigenvalue weighted by Gasteiger charge is -2.20. The molecule has 0 saturated carbocycles. The summed E-state index contributed by atoms with van der Waals surface area (Å²) in [4.78, 5) is 39.7. The standard InChI is InChI=1S/C27H19FN2O7/c28-16-3-1-15(2-4-16)26(32)19-12-30(13-25(31)29-17-5-6-21-22(9-17)37-14-36-21)20-11-24-23(34-7-8-35-24)10-18(20)27(19)33/h1-6,9-12H,7-8,13-14H2,(H,29,31). The minimum atomic E-state index is -0.591. The Kier molecular flexibility index (Phi) is 5.48. The molecule has 1 aromatic heterocycles. The Bertz CT molecular complexity index is 1630.